The van der Waals surface area contributed by atoms with E-state index in [9.17, 15) is 4.79 Å². The molecule has 1 aromatic heterocycles. The molecule has 0 N–H and O–H groups in total. The number of hydrogen-bond donors (Lipinski definition) is 0. The minimum atomic E-state index is 0.0708. The second kappa shape index (κ2) is 6.59. The van der Waals surface area contributed by atoms with E-state index >= 15 is 0 Å². The summed E-state index contributed by atoms with van der Waals surface area (Å²) < 4.78 is 5.81. The van der Waals surface area contributed by atoms with Gasteiger partial charge < -0.3 is 9.32 Å². The van der Waals surface area contributed by atoms with Crippen molar-refractivity contribution in [1.82, 2.24) is 15.1 Å². The van der Waals surface area contributed by atoms with Crippen molar-refractivity contribution in [3.63, 3.8) is 0 Å². The summed E-state index contributed by atoms with van der Waals surface area (Å²) in [6.45, 7) is 1.48. The molecule has 0 unspecified atom stereocenters. The van der Waals surface area contributed by atoms with Crippen LogP contribution in [0.3, 0.4) is 0 Å². The maximum absolute atomic E-state index is 12.3. The van der Waals surface area contributed by atoms with Gasteiger partial charge in [-0.05, 0) is 37.3 Å². The summed E-state index contributed by atoms with van der Waals surface area (Å²) in [5, 5.41) is 8.38. The van der Waals surface area contributed by atoms with Crippen molar-refractivity contribution in [2.75, 3.05) is 13.1 Å². The van der Waals surface area contributed by atoms with Gasteiger partial charge in [0.2, 0.25) is 17.7 Å². The molecule has 0 spiro atoms. The van der Waals surface area contributed by atoms with Crippen LogP contribution in [0.25, 0.3) is 6.08 Å². The fraction of sp³-hybridized carbons (Fsp3) is 0.421. The number of hydrogen-bond acceptors (Lipinski definition) is 4. The van der Waals surface area contributed by atoms with E-state index in [4.69, 9.17) is 4.42 Å². The molecule has 2 heterocycles. The van der Waals surface area contributed by atoms with Gasteiger partial charge in [-0.15, -0.1) is 10.2 Å². The highest BCUT2D eigenvalue weighted by Crippen LogP contribution is 2.40. The lowest BCUT2D eigenvalue weighted by molar-refractivity contribution is -0.127. The molecule has 0 atom stereocenters. The quantitative estimate of drug-likeness (QED) is 0.810. The summed E-state index contributed by atoms with van der Waals surface area (Å²) in [6.07, 6.45) is 7.64. The number of piperidine rings is 1. The monoisotopic (exact) mass is 323 g/mol. The van der Waals surface area contributed by atoms with Crippen LogP contribution in [0.5, 0.6) is 0 Å². The van der Waals surface area contributed by atoms with Crippen molar-refractivity contribution in [3.8, 4) is 0 Å². The lowest BCUT2D eigenvalue weighted by Gasteiger charge is -2.29. The molecule has 1 aliphatic carbocycles. The van der Waals surface area contributed by atoms with Gasteiger partial charge >= 0.3 is 0 Å². The molecule has 1 aromatic carbocycles. The summed E-state index contributed by atoms with van der Waals surface area (Å²) in [4.78, 5) is 14.2. The smallest absolute Gasteiger partial charge is 0.246 e. The normalized spacial score (nSPS) is 19.1. The zero-order valence-corrected chi connectivity index (χ0v) is 13.6. The molecule has 0 radical (unpaired) electrons. The highest BCUT2D eigenvalue weighted by molar-refractivity contribution is 5.91. The Hall–Kier alpha value is -2.43. The van der Waals surface area contributed by atoms with Crippen LogP contribution in [0.1, 0.15) is 54.9 Å². The van der Waals surface area contributed by atoms with Crippen molar-refractivity contribution >= 4 is 12.0 Å². The van der Waals surface area contributed by atoms with Crippen molar-refractivity contribution in [3.05, 3.63) is 53.8 Å². The van der Waals surface area contributed by atoms with Crippen molar-refractivity contribution in [2.24, 2.45) is 0 Å². The van der Waals surface area contributed by atoms with E-state index < -0.39 is 0 Å². The molecule has 5 heteroatoms. The molecular formula is C19H21N3O2. The maximum Gasteiger partial charge on any atom is 0.246 e. The van der Waals surface area contributed by atoms with Crippen LogP contribution in [0, 0.1) is 0 Å². The van der Waals surface area contributed by atoms with Crippen LogP contribution in [-0.2, 0) is 4.79 Å². The largest absolute Gasteiger partial charge is 0.425 e. The molecule has 1 saturated carbocycles. The van der Waals surface area contributed by atoms with Gasteiger partial charge in [0.05, 0.1) is 0 Å². The van der Waals surface area contributed by atoms with E-state index in [1.807, 2.05) is 41.3 Å². The molecule has 2 fully saturated rings. The number of aromatic nitrogens is 2. The van der Waals surface area contributed by atoms with Gasteiger partial charge in [-0.1, -0.05) is 30.3 Å². The Morgan fingerprint density at radius 2 is 1.62 bits per heavy atom. The van der Waals surface area contributed by atoms with Gasteiger partial charge in [0.1, 0.15) is 0 Å². The van der Waals surface area contributed by atoms with Gasteiger partial charge in [0, 0.05) is 31.0 Å². The first kappa shape index (κ1) is 15.1. The van der Waals surface area contributed by atoms with Gasteiger partial charge in [0.15, 0.2) is 0 Å². The predicted octanol–water partition coefficient (Wildman–Crippen LogP) is 3.37. The van der Waals surface area contributed by atoms with Gasteiger partial charge in [0.25, 0.3) is 0 Å². The van der Waals surface area contributed by atoms with Crippen LogP contribution >= 0.6 is 0 Å². The van der Waals surface area contributed by atoms with Crippen LogP contribution in [-0.4, -0.2) is 34.1 Å². The molecule has 1 saturated heterocycles. The van der Waals surface area contributed by atoms with E-state index in [0.717, 1.165) is 43.3 Å². The number of nitrogens with zero attached hydrogens (tertiary/aromatic N) is 3. The predicted molar refractivity (Wildman–Crippen MR) is 90.3 cm³/mol. The molecule has 2 aliphatic rings. The second-order valence-corrected chi connectivity index (χ2v) is 6.60. The lowest BCUT2D eigenvalue weighted by Crippen LogP contribution is -2.36. The van der Waals surface area contributed by atoms with Crippen LogP contribution in [0.2, 0.25) is 0 Å². The van der Waals surface area contributed by atoms with Gasteiger partial charge in [-0.2, -0.15) is 0 Å². The summed E-state index contributed by atoms with van der Waals surface area (Å²) in [7, 11) is 0. The zero-order valence-electron chi connectivity index (χ0n) is 13.6. The van der Waals surface area contributed by atoms with E-state index in [1.54, 1.807) is 6.08 Å². The first-order valence-electron chi connectivity index (χ1n) is 8.65. The van der Waals surface area contributed by atoms with E-state index in [0.29, 0.717) is 5.92 Å². The summed E-state index contributed by atoms with van der Waals surface area (Å²) in [5.74, 6) is 2.41. The maximum atomic E-state index is 12.3. The first-order valence-corrected chi connectivity index (χ1v) is 8.65. The van der Waals surface area contributed by atoms with Crippen LogP contribution < -0.4 is 0 Å². The number of carbonyl (C=O) groups excluding carboxylic acids is 1. The fourth-order valence-electron chi connectivity index (χ4n) is 3.09. The highest BCUT2D eigenvalue weighted by atomic mass is 16.4. The number of rotatable bonds is 4. The van der Waals surface area contributed by atoms with Crippen molar-refractivity contribution in [2.45, 2.75) is 37.5 Å². The van der Waals surface area contributed by atoms with Crippen LogP contribution in [0.15, 0.2) is 40.8 Å². The molecular weight excluding hydrogens is 302 g/mol. The Morgan fingerprint density at radius 3 is 2.25 bits per heavy atom. The molecule has 4 rings (SSSR count). The number of carbonyl (C=O) groups is 1. The van der Waals surface area contributed by atoms with E-state index in [-0.39, 0.29) is 11.8 Å². The molecule has 1 amide bonds. The number of benzene rings is 1. The SMILES string of the molecule is O=C(/C=C/c1ccccc1)N1CCC(c2nnc(C3CC3)o2)CC1. The third-order valence-corrected chi connectivity index (χ3v) is 4.76. The van der Waals surface area contributed by atoms with E-state index in [2.05, 4.69) is 10.2 Å². The van der Waals surface area contributed by atoms with E-state index in [1.165, 1.54) is 12.8 Å². The Kier molecular flexibility index (Phi) is 4.15. The standard InChI is InChI=1S/C19H21N3O2/c23-17(9-6-14-4-2-1-3-5-14)22-12-10-16(11-13-22)19-21-20-18(24-19)15-7-8-15/h1-6,9,15-16H,7-8,10-13H2/b9-6+. The van der Waals surface area contributed by atoms with Crippen LogP contribution in [0.4, 0.5) is 0 Å². The first-order chi connectivity index (χ1) is 11.8. The van der Waals surface area contributed by atoms with Gasteiger partial charge in [-0.25, -0.2) is 0 Å². The Labute approximate surface area is 141 Å². The summed E-state index contributed by atoms with van der Waals surface area (Å²) in [5.41, 5.74) is 1.04. The second-order valence-electron chi connectivity index (χ2n) is 6.60. The average molecular weight is 323 g/mol. The van der Waals surface area contributed by atoms with Crippen molar-refractivity contribution < 1.29 is 9.21 Å². The topological polar surface area (TPSA) is 59.2 Å². The average Bonchev–Trinajstić information content (AvgIpc) is 3.38. The highest BCUT2D eigenvalue weighted by Gasteiger charge is 2.32. The molecule has 5 nitrogen and oxygen atoms in total. The molecule has 2 aromatic rings. The minimum Gasteiger partial charge on any atom is -0.425 e. The Balaban J connectivity index is 1.31. The van der Waals surface area contributed by atoms with Gasteiger partial charge in [-0.3, -0.25) is 4.79 Å². The minimum absolute atomic E-state index is 0.0708. The number of likely N-dealkylation sites (tertiary alicyclic amines) is 1. The third-order valence-electron chi connectivity index (χ3n) is 4.76. The molecule has 24 heavy (non-hydrogen) atoms. The molecule has 1 aliphatic heterocycles. The Morgan fingerprint density at radius 1 is 1.00 bits per heavy atom. The lowest BCUT2D eigenvalue weighted by atomic mass is 9.97. The summed E-state index contributed by atoms with van der Waals surface area (Å²) in [6, 6.07) is 9.88. The number of amides is 1. The zero-order chi connectivity index (χ0) is 16.4. The Bertz CT molecular complexity index is 726. The third kappa shape index (κ3) is 3.40. The fourth-order valence-corrected chi connectivity index (χ4v) is 3.09. The molecule has 0 bridgehead atoms. The molecule has 124 valence electrons. The summed E-state index contributed by atoms with van der Waals surface area (Å²) >= 11 is 0. The van der Waals surface area contributed by atoms with Crippen molar-refractivity contribution in [1.29, 1.82) is 0 Å².